The molecular weight excluding hydrogens is 468 g/mol. The first-order chi connectivity index (χ1) is 18.0. The number of nitrogens with zero attached hydrogens (tertiary/aromatic N) is 1. The second-order valence-electron chi connectivity index (χ2n) is 9.93. The molecule has 2 bridgehead atoms. The molecule has 3 amide bonds. The molecule has 3 aromatic carbocycles. The topological polar surface area (TPSA) is 92.8 Å². The number of carbonyl (C=O) groups excluding carboxylic acids is 4. The van der Waals surface area contributed by atoms with Crippen molar-refractivity contribution in [3.8, 4) is 0 Å². The van der Waals surface area contributed by atoms with Gasteiger partial charge in [0.25, 0.3) is 5.91 Å². The van der Waals surface area contributed by atoms with Crippen molar-refractivity contribution in [1.82, 2.24) is 4.90 Å². The number of ether oxygens (including phenoxy) is 1. The number of nitrogens with one attached hydrogen (secondary N) is 1. The lowest BCUT2D eigenvalue weighted by molar-refractivity contribution is -0.160. The average molecular weight is 495 g/mol. The molecule has 7 heteroatoms. The monoisotopic (exact) mass is 494 g/mol. The van der Waals surface area contributed by atoms with Gasteiger partial charge in [-0.1, -0.05) is 78.9 Å². The number of benzene rings is 3. The molecule has 0 spiro atoms. The Morgan fingerprint density at radius 2 is 1.51 bits per heavy atom. The molecule has 1 heterocycles. The number of amides is 3. The zero-order chi connectivity index (χ0) is 25.5. The zero-order valence-corrected chi connectivity index (χ0v) is 20.1. The second kappa shape index (κ2) is 9.32. The number of anilines is 1. The number of rotatable bonds is 7. The molecule has 7 nitrogen and oxygen atoms in total. The summed E-state index contributed by atoms with van der Waals surface area (Å²) in [6, 6.07) is 21.3. The maximum Gasteiger partial charge on any atom is 0.330 e. The Labute approximate surface area is 214 Å². The van der Waals surface area contributed by atoms with E-state index in [0.29, 0.717) is 5.69 Å². The van der Waals surface area contributed by atoms with Crippen molar-refractivity contribution >= 4 is 40.2 Å². The minimum Gasteiger partial charge on any atom is -0.454 e. The molecular formula is C30H26N2O5. The molecule has 1 aliphatic heterocycles. The lowest BCUT2D eigenvalue weighted by Crippen LogP contribution is -2.48. The number of hydrogen-bond donors (Lipinski definition) is 1. The number of carbonyl (C=O) groups is 4. The van der Waals surface area contributed by atoms with Crippen LogP contribution in [0.1, 0.15) is 12.0 Å². The summed E-state index contributed by atoms with van der Waals surface area (Å²) in [6.07, 6.45) is 4.97. The number of fused-ring (bicyclic) bond motifs is 6. The van der Waals surface area contributed by atoms with Crippen molar-refractivity contribution in [2.24, 2.45) is 23.7 Å². The minimum absolute atomic E-state index is 0.0383. The molecule has 1 saturated carbocycles. The summed E-state index contributed by atoms with van der Waals surface area (Å²) in [5.41, 5.74) is 1.41. The van der Waals surface area contributed by atoms with E-state index in [1.165, 1.54) is 0 Å². The summed E-state index contributed by atoms with van der Waals surface area (Å²) < 4.78 is 5.41. The van der Waals surface area contributed by atoms with E-state index >= 15 is 0 Å². The highest BCUT2D eigenvalue weighted by atomic mass is 16.5. The van der Waals surface area contributed by atoms with Crippen molar-refractivity contribution in [3.63, 3.8) is 0 Å². The highest BCUT2D eigenvalue weighted by Crippen LogP contribution is 2.53. The molecule has 1 N–H and O–H groups in total. The summed E-state index contributed by atoms with van der Waals surface area (Å²) in [5, 5.41) is 4.64. The lowest BCUT2D eigenvalue weighted by atomic mass is 9.85. The highest BCUT2D eigenvalue weighted by Gasteiger charge is 2.61. The molecule has 3 aromatic rings. The van der Waals surface area contributed by atoms with Gasteiger partial charge in [-0.3, -0.25) is 19.3 Å². The Bertz CT molecular complexity index is 1400. The van der Waals surface area contributed by atoms with Gasteiger partial charge in [0.1, 0.15) is 6.04 Å². The largest absolute Gasteiger partial charge is 0.454 e. The highest BCUT2D eigenvalue weighted by molar-refractivity contribution is 6.09. The van der Waals surface area contributed by atoms with Gasteiger partial charge in [0.2, 0.25) is 11.8 Å². The van der Waals surface area contributed by atoms with Crippen LogP contribution >= 0.6 is 0 Å². The number of likely N-dealkylation sites (tertiary alicyclic amines) is 1. The second-order valence-corrected chi connectivity index (χ2v) is 9.93. The zero-order valence-electron chi connectivity index (χ0n) is 20.1. The van der Waals surface area contributed by atoms with Crippen molar-refractivity contribution in [3.05, 3.63) is 90.5 Å². The van der Waals surface area contributed by atoms with E-state index in [2.05, 4.69) is 5.32 Å². The summed E-state index contributed by atoms with van der Waals surface area (Å²) in [7, 11) is 0. The fourth-order valence-corrected chi connectivity index (χ4v) is 6.10. The first kappa shape index (κ1) is 23.2. The maximum absolute atomic E-state index is 13.4. The van der Waals surface area contributed by atoms with Gasteiger partial charge in [0.15, 0.2) is 6.61 Å². The van der Waals surface area contributed by atoms with Crippen molar-refractivity contribution < 1.29 is 23.9 Å². The Kier molecular flexibility index (Phi) is 5.83. The third-order valence-corrected chi connectivity index (χ3v) is 7.77. The van der Waals surface area contributed by atoms with Crippen molar-refractivity contribution in [1.29, 1.82) is 0 Å². The third-order valence-electron chi connectivity index (χ3n) is 7.77. The van der Waals surface area contributed by atoms with Gasteiger partial charge in [-0.05, 0) is 35.3 Å². The predicted octanol–water partition coefficient (Wildman–Crippen LogP) is 3.74. The lowest BCUT2D eigenvalue weighted by Gasteiger charge is -2.26. The van der Waals surface area contributed by atoms with E-state index in [1.54, 1.807) is 6.07 Å². The van der Waals surface area contributed by atoms with Gasteiger partial charge in [0.05, 0.1) is 11.8 Å². The Hall–Kier alpha value is -4.26. The molecule has 0 aromatic heterocycles. The van der Waals surface area contributed by atoms with Gasteiger partial charge >= 0.3 is 5.97 Å². The third kappa shape index (κ3) is 4.10. The summed E-state index contributed by atoms with van der Waals surface area (Å²) in [4.78, 5) is 54.0. The van der Waals surface area contributed by atoms with Crippen LogP contribution in [0.5, 0.6) is 0 Å². The van der Waals surface area contributed by atoms with E-state index in [0.717, 1.165) is 27.7 Å². The fourth-order valence-electron chi connectivity index (χ4n) is 6.10. The van der Waals surface area contributed by atoms with E-state index < -0.39 is 36.4 Å². The van der Waals surface area contributed by atoms with E-state index in [4.69, 9.17) is 4.74 Å². The van der Waals surface area contributed by atoms with Crippen LogP contribution in [0.25, 0.3) is 10.8 Å². The molecule has 0 radical (unpaired) electrons. The van der Waals surface area contributed by atoms with Crippen LogP contribution in [0.3, 0.4) is 0 Å². The predicted molar refractivity (Wildman–Crippen MR) is 137 cm³/mol. The molecule has 186 valence electrons. The minimum atomic E-state index is -1.13. The Morgan fingerprint density at radius 1 is 0.865 bits per heavy atom. The summed E-state index contributed by atoms with van der Waals surface area (Å²) in [5.74, 6) is -2.64. The number of imide groups is 1. The smallest absolute Gasteiger partial charge is 0.330 e. The van der Waals surface area contributed by atoms with Crippen molar-refractivity contribution in [2.75, 3.05) is 11.9 Å². The maximum atomic E-state index is 13.4. The SMILES string of the molecule is O=C(COC(=O)[C@H](Cc1ccccc1)N1C(=O)[C@@H]2[C@H](C1=O)[C@H]1C=C[C@H]2C1)Nc1cccc2ccccc12. The molecule has 5 atom stereocenters. The Morgan fingerprint density at radius 3 is 2.24 bits per heavy atom. The van der Waals surface area contributed by atoms with E-state index in [-0.39, 0.29) is 30.1 Å². The molecule has 3 aliphatic rings. The van der Waals surface area contributed by atoms with Gasteiger partial charge in [-0.15, -0.1) is 0 Å². The molecule has 2 aliphatic carbocycles. The molecule has 37 heavy (non-hydrogen) atoms. The first-order valence-corrected chi connectivity index (χ1v) is 12.5. The van der Waals surface area contributed by atoms with Crippen LogP contribution in [-0.2, 0) is 30.3 Å². The van der Waals surface area contributed by atoms with Gasteiger partial charge in [0, 0.05) is 17.5 Å². The van der Waals surface area contributed by atoms with Crippen LogP contribution in [0.15, 0.2) is 84.9 Å². The van der Waals surface area contributed by atoms with Crippen molar-refractivity contribution in [2.45, 2.75) is 18.9 Å². The molecule has 2 fully saturated rings. The van der Waals surface area contributed by atoms with Crippen LogP contribution in [-0.4, -0.2) is 41.2 Å². The van der Waals surface area contributed by atoms with E-state index in [1.807, 2.05) is 78.9 Å². The summed E-state index contributed by atoms with van der Waals surface area (Å²) in [6.45, 7) is -0.525. The van der Waals surface area contributed by atoms with Gasteiger partial charge in [-0.25, -0.2) is 4.79 Å². The number of hydrogen-bond acceptors (Lipinski definition) is 5. The fraction of sp³-hybridized carbons (Fsp3) is 0.267. The van der Waals surface area contributed by atoms with Crippen LogP contribution < -0.4 is 5.32 Å². The van der Waals surface area contributed by atoms with E-state index in [9.17, 15) is 19.2 Å². The van der Waals surface area contributed by atoms with Gasteiger partial charge in [-0.2, -0.15) is 0 Å². The van der Waals surface area contributed by atoms with Crippen LogP contribution in [0, 0.1) is 23.7 Å². The Balaban J connectivity index is 1.19. The first-order valence-electron chi connectivity index (χ1n) is 12.5. The standard InChI is InChI=1S/C30H26N2O5/c33-25(31-23-12-6-10-19-9-4-5-11-22(19)23)17-37-30(36)24(15-18-7-2-1-3-8-18)32-28(34)26-20-13-14-21(16-20)27(26)29(32)35/h1-14,20-21,24,26-27H,15-17H2,(H,31,33)/t20-,21-,24-,26-,27+/m0/s1. The molecule has 0 unspecified atom stereocenters. The molecule has 1 saturated heterocycles. The average Bonchev–Trinajstić information content (AvgIpc) is 3.60. The normalized spacial score (nSPS) is 24.4. The molecule has 6 rings (SSSR count). The number of allylic oxidation sites excluding steroid dienone is 2. The number of esters is 1. The van der Waals surface area contributed by atoms with Crippen LogP contribution in [0.4, 0.5) is 5.69 Å². The van der Waals surface area contributed by atoms with Gasteiger partial charge < -0.3 is 10.1 Å². The quantitative estimate of drug-likeness (QED) is 0.307. The van der Waals surface area contributed by atoms with Crippen LogP contribution in [0.2, 0.25) is 0 Å². The summed E-state index contributed by atoms with van der Waals surface area (Å²) >= 11 is 0.